The Morgan fingerprint density at radius 2 is 1.63 bits per heavy atom. The lowest BCUT2D eigenvalue weighted by atomic mass is 9.86. The number of nitrogens with zero attached hydrogens (tertiary/aromatic N) is 2. The molecule has 2 atom stereocenters. The minimum Gasteiger partial charge on any atom is -0.444 e. The normalized spacial score (nSPS) is 16.7. The number of hydrogen-bond donors (Lipinski definition) is 2. The lowest BCUT2D eigenvalue weighted by Crippen LogP contribution is -2.52. The zero-order valence-corrected chi connectivity index (χ0v) is 29.9. The van der Waals surface area contributed by atoms with E-state index in [4.69, 9.17) is 14.2 Å². The van der Waals surface area contributed by atoms with E-state index in [1.54, 1.807) is 52.0 Å². The van der Waals surface area contributed by atoms with E-state index in [1.807, 2.05) is 19.9 Å². The molecular weight excluding hydrogens is 667 g/mol. The van der Waals surface area contributed by atoms with Crippen LogP contribution in [0.15, 0.2) is 59.5 Å². The summed E-state index contributed by atoms with van der Waals surface area (Å²) < 4.78 is 86.2. The molecule has 1 saturated heterocycles. The highest BCUT2D eigenvalue weighted by Gasteiger charge is 2.42. The number of hydrogen-bond acceptors (Lipinski definition) is 8. The summed E-state index contributed by atoms with van der Waals surface area (Å²) in [5.41, 5.74) is -1.10. The number of amides is 2. The Kier molecular flexibility index (Phi) is 12.9. The Morgan fingerprint density at radius 1 is 1.02 bits per heavy atom. The molecule has 49 heavy (non-hydrogen) atoms. The maximum absolute atomic E-state index is 14.3. The molecule has 0 bridgehead atoms. The maximum atomic E-state index is 14.3. The summed E-state index contributed by atoms with van der Waals surface area (Å²) in [7, 11) is -3.62. The van der Waals surface area contributed by atoms with Gasteiger partial charge in [-0.3, -0.25) is 4.79 Å². The molecule has 1 aliphatic rings. The van der Waals surface area contributed by atoms with Crippen molar-refractivity contribution in [3.63, 3.8) is 0 Å². The molecule has 0 aliphatic carbocycles. The van der Waals surface area contributed by atoms with E-state index >= 15 is 0 Å². The van der Waals surface area contributed by atoms with Crippen LogP contribution in [0.3, 0.4) is 0 Å². The summed E-state index contributed by atoms with van der Waals surface area (Å²) >= 11 is 0. The van der Waals surface area contributed by atoms with Crippen LogP contribution in [0.4, 0.5) is 23.7 Å². The van der Waals surface area contributed by atoms with Gasteiger partial charge in [0.15, 0.2) is 5.79 Å². The van der Waals surface area contributed by atoms with Gasteiger partial charge in [0, 0.05) is 32.2 Å². The smallest absolute Gasteiger partial charge is 0.444 e. The van der Waals surface area contributed by atoms with Gasteiger partial charge in [-0.2, -0.15) is 17.5 Å². The Hall–Kier alpha value is -3.24. The van der Waals surface area contributed by atoms with Crippen molar-refractivity contribution in [2.24, 2.45) is 5.41 Å². The van der Waals surface area contributed by atoms with E-state index in [9.17, 15) is 36.3 Å². The van der Waals surface area contributed by atoms with Crippen LogP contribution >= 0.6 is 0 Å². The number of ether oxygens (including phenoxy) is 3. The number of aliphatic hydroxyl groups excluding tert-OH is 1. The van der Waals surface area contributed by atoms with Crippen LogP contribution in [0.25, 0.3) is 0 Å². The van der Waals surface area contributed by atoms with E-state index in [-0.39, 0.29) is 23.5 Å². The van der Waals surface area contributed by atoms with Gasteiger partial charge in [-0.05, 0) is 69.7 Å². The van der Waals surface area contributed by atoms with Crippen LogP contribution in [0.1, 0.15) is 59.9 Å². The van der Waals surface area contributed by atoms with Crippen LogP contribution in [0.5, 0.6) is 0 Å². The molecule has 2 amide bonds. The Bertz CT molecular complexity index is 1530. The van der Waals surface area contributed by atoms with E-state index < -0.39 is 63.7 Å². The second-order valence-electron chi connectivity index (χ2n) is 14.2. The van der Waals surface area contributed by atoms with Crippen molar-refractivity contribution in [3.8, 4) is 0 Å². The first-order valence-electron chi connectivity index (χ1n) is 16.0. The molecule has 0 aromatic heterocycles. The van der Waals surface area contributed by atoms with Gasteiger partial charge < -0.3 is 29.5 Å². The molecule has 0 saturated carbocycles. The minimum atomic E-state index is -5.18. The zero-order valence-electron chi connectivity index (χ0n) is 29.0. The van der Waals surface area contributed by atoms with Crippen LogP contribution in [0, 0.1) is 5.41 Å². The largest absolute Gasteiger partial charge is 0.471 e. The first kappa shape index (κ1) is 40.2. The van der Waals surface area contributed by atoms with Gasteiger partial charge in [0.05, 0.1) is 30.3 Å². The standard InChI is InChI=1S/C34H48F3N3O8S/c1-31(2,3)48-30(43)38-27(20-24-12-9-8-10-13-24)28(41)22-40(23-32(4,5)16-17-33(6)46-18-19-47-33)49(44,45)26-15-11-14-25(21-26)39(7)29(42)34(35,36)37/h8-15,21,27-28,41H,16-20,22-23H2,1-7H3,(H,38,43)/t27-,28+/m0/s1. The molecule has 1 fully saturated rings. The third kappa shape index (κ3) is 11.9. The summed E-state index contributed by atoms with van der Waals surface area (Å²) in [6.07, 6.45) is -6.44. The molecule has 11 nitrogen and oxygen atoms in total. The number of nitrogens with one attached hydrogen (secondary N) is 1. The average molecular weight is 716 g/mol. The summed E-state index contributed by atoms with van der Waals surface area (Å²) in [6.45, 7) is 10.8. The second-order valence-corrected chi connectivity index (χ2v) is 16.1. The van der Waals surface area contributed by atoms with Gasteiger partial charge in [-0.1, -0.05) is 50.2 Å². The van der Waals surface area contributed by atoms with Gasteiger partial charge in [-0.15, -0.1) is 0 Å². The topological polar surface area (TPSA) is 135 Å². The van der Waals surface area contributed by atoms with Crippen LogP contribution in [0.2, 0.25) is 0 Å². The fourth-order valence-electron chi connectivity index (χ4n) is 5.33. The van der Waals surface area contributed by atoms with Crippen LogP contribution in [-0.4, -0.2) is 92.9 Å². The fourth-order valence-corrected chi connectivity index (χ4v) is 7.01. The van der Waals surface area contributed by atoms with Crippen molar-refractivity contribution >= 4 is 27.7 Å². The summed E-state index contributed by atoms with van der Waals surface area (Å²) in [6, 6.07) is 12.6. The zero-order chi connectivity index (χ0) is 36.8. The second kappa shape index (κ2) is 15.8. The van der Waals surface area contributed by atoms with E-state index in [0.717, 1.165) is 23.0 Å². The Morgan fingerprint density at radius 3 is 2.20 bits per heavy atom. The van der Waals surface area contributed by atoms with E-state index in [1.165, 1.54) is 18.2 Å². The predicted molar refractivity (Wildman–Crippen MR) is 177 cm³/mol. The highest BCUT2D eigenvalue weighted by molar-refractivity contribution is 7.89. The molecule has 2 N–H and O–H groups in total. The number of benzene rings is 2. The summed E-state index contributed by atoms with van der Waals surface area (Å²) in [5.74, 6) is -3.01. The van der Waals surface area contributed by atoms with Crippen molar-refractivity contribution in [1.29, 1.82) is 0 Å². The van der Waals surface area contributed by atoms with Gasteiger partial charge in [0.1, 0.15) is 5.60 Å². The molecule has 2 aromatic carbocycles. The number of carbonyl (C=O) groups excluding carboxylic acids is 2. The van der Waals surface area contributed by atoms with Crippen LogP contribution in [-0.2, 0) is 35.4 Å². The highest BCUT2D eigenvalue weighted by atomic mass is 32.2. The number of anilines is 1. The Labute approximate surface area is 286 Å². The minimum absolute atomic E-state index is 0.130. The van der Waals surface area contributed by atoms with E-state index in [0.29, 0.717) is 31.0 Å². The molecule has 3 rings (SSSR count). The number of aliphatic hydroxyl groups is 1. The molecule has 274 valence electrons. The van der Waals surface area contributed by atoms with Crippen molar-refractivity contribution in [2.45, 2.75) is 95.4 Å². The van der Waals surface area contributed by atoms with Crippen LogP contribution < -0.4 is 10.2 Å². The molecule has 0 radical (unpaired) electrons. The monoisotopic (exact) mass is 715 g/mol. The number of alkyl carbamates (subject to hydrolysis) is 1. The third-order valence-electron chi connectivity index (χ3n) is 8.00. The lowest BCUT2D eigenvalue weighted by molar-refractivity contribution is -0.170. The van der Waals surface area contributed by atoms with Gasteiger partial charge >= 0.3 is 18.2 Å². The Balaban J connectivity index is 1.99. The molecule has 0 unspecified atom stereocenters. The number of rotatable bonds is 14. The fraction of sp³-hybridized carbons (Fsp3) is 0.588. The first-order valence-corrected chi connectivity index (χ1v) is 17.4. The molecule has 0 spiro atoms. The number of halogens is 3. The SMILES string of the molecule is CN(C(=O)C(F)(F)F)c1cccc(S(=O)(=O)N(C[C@@H](O)[C@H](Cc2ccccc2)NC(=O)OC(C)(C)C)CC(C)(C)CCC2(C)OCCO2)c1. The molecule has 1 heterocycles. The van der Waals surface area contributed by atoms with Gasteiger partial charge in [-0.25, -0.2) is 13.2 Å². The van der Waals surface area contributed by atoms with Crippen molar-refractivity contribution in [2.75, 3.05) is 38.3 Å². The van der Waals surface area contributed by atoms with E-state index in [2.05, 4.69) is 5.32 Å². The third-order valence-corrected chi connectivity index (χ3v) is 9.81. The predicted octanol–water partition coefficient (Wildman–Crippen LogP) is 5.27. The molecule has 2 aromatic rings. The molecule has 15 heteroatoms. The van der Waals surface area contributed by atoms with Crippen molar-refractivity contribution < 1.29 is 50.5 Å². The quantitative estimate of drug-likeness (QED) is 0.270. The maximum Gasteiger partial charge on any atom is 0.471 e. The van der Waals surface area contributed by atoms with Crippen molar-refractivity contribution in [1.82, 2.24) is 9.62 Å². The molecule has 1 aliphatic heterocycles. The van der Waals surface area contributed by atoms with Gasteiger partial charge in [0.2, 0.25) is 10.0 Å². The number of sulfonamides is 1. The summed E-state index contributed by atoms with van der Waals surface area (Å²) in [4.78, 5) is 24.7. The lowest BCUT2D eigenvalue weighted by Gasteiger charge is -2.36. The van der Waals surface area contributed by atoms with Gasteiger partial charge in [0.25, 0.3) is 0 Å². The van der Waals surface area contributed by atoms with Crippen molar-refractivity contribution in [3.05, 3.63) is 60.2 Å². The molecular formula is C34H48F3N3O8S. The number of alkyl halides is 3. The number of carbonyl (C=O) groups is 2. The summed E-state index contributed by atoms with van der Waals surface area (Å²) in [5, 5.41) is 14.3. The average Bonchev–Trinajstić information content (AvgIpc) is 3.44. The first-order chi connectivity index (χ1) is 22.5. The highest BCUT2D eigenvalue weighted by Crippen LogP contribution is 2.34.